The molecule has 142 valence electrons. The zero-order valence-corrected chi connectivity index (χ0v) is 16.2. The summed E-state index contributed by atoms with van der Waals surface area (Å²) < 4.78 is 5.15. The SMILES string of the molecule is COc1cccc(NC(=O)c2ccccc2NC(=O)c2cc(Cl)nc(Cl)c2)c1. The first-order valence-corrected chi connectivity index (χ1v) is 8.91. The largest absolute Gasteiger partial charge is 0.497 e. The lowest BCUT2D eigenvalue weighted by molar-refractivity contribution is 0.102. The Kier molecular flexibility index (Phi) is 6.13. The van der Waals surface area contributed by atoms with Gasteiger partial charge in [0.2, 0.25) is 0 Å². The summed E-state index contributed by atoms with van der Waals surface area (Å²) >= 11 is 11.7. The number of nitrogens with zero attached hydrogens (tertiary/aromatic N) is 1. The number of carbonyl (C=O) groups excluding carboxylic acids is 2. The lowest BCUT2D eigenvalue weighted by atomic mass is 10.1. The molecule has 0 aliphatic heterocycles. The van der Waals surface area contributed by atoms with Crippen LogP contribution in [-0.2, 0) is 0 Å². The second-order valence-corrected chi connectivity index (χ2v) is 6.46. The molecule has 1 heterocycles. The molecule has 0 unspecified atom stereocenters. The van der Waals surface area contributed by atoms with Gasteiger partial charge in [-0.1, -0.05) is 41.4 Å². The molecule has 2 amide bonds. The standard InChI is InChI=1S/C20H15Cl2N3O3/c1-28-14-6-4-5-13(11-14)23-20(27)15-7-2-3-8-16(15)24-19(26)12-9-17(21)25-18(22)10-12/h2-11H,1H3,(H,23,27)(H,24,26). The molecular weight excluding hydrogens is 401 g/mol. The molecule has 0 saturated heterocycles. The van der Waals surface area contributed by atoms with Gasteiger partial charge in [0.15, 0.2) is 0 Å². The van der Waals surface area contributed by atoms with E-state index < -0.39 is 5.91 Å². The van der Waals surface area contributed by atoms with Crippen LogP contribution in [0.2, 0.25) is 10.3 Å². The molecule has 2 aromatic carbocycles. The van der Waals surface area contributed by atoms with Crippen molar-refractivity contribution in [2.24, 2.45) is 0 Å². The maximum absolute atomic E-state index is 12.7. The van der Waals surface area contributed by atoms with Crippen LogP contribution in [0.15, 0.2) is 60.7 Å². The van der Waals surface area contributed by atoms with E-state index in [4.69, 9.17) is 27.9 Å². The van der Waals surface area contributed by atoms with Crippen LogP contribution < -0.4 is 15.4 Å². The first-order chi connectivity index (χ1) is 13.5. The third-order valence-corrected chi connectivity index (χ3v) is 4.16. The predicted molar refractivity (Wildman–Crippen MR) is 110 cm³/mol. The molecule has 0 aliphatic carbocycles. The van der Waals surface area contributed by atoms with Gasteiger partial charge in [0.1, 0.15) is 16.1 Å². The van der Waals surface area contributed by atoms with E-state index in [9.17, 15) is 9.59 Å². The summed E-state index contributed by atoms with van der Waals surface area (Å²) in [7, 11) is 1.55. The number of rotatable bonds is 5. The fraction of sp³-hybridized carbons (Fsp3) is 0.0500. The van der Waals surface area contributed by atoms with Crippen molar-refractivity contribution in [3.05, 3.63) is 82.1 Å². The van der Waals surface area contributed by atoms with E-state index in [1.54, 1.807) is 55.6 Å². The molecule has 0 fully saturated rings. The number of ether oxygens (including phenoxy) is 1. The second kappa shape index (κ2) is 8.73. The molecule has 1 aromatic heterocycles. The van der Waals surface area contributed by atoms with Crippen molar-refractivity contribution in [3.8, 4) is 5.75 Å². The molecule has 0 bridgehead atoms. The van der Waals surface area contributed by atoms with Crippen molar-refractivity contribution in [2.75, 3.05) is 17.7 Å². The second-order valence-electron chi connectivity index (χ2n) is 5.69. The smallest absolute Gasteiger partial charge is 0.257 e. The Bertz CT molecular complexity index is 1020. The summed E-state index contributed by atoms with van der Waals surface area (Å²) in [5.41, 5.74) is 1.44. The molecule has 3 rings (SSSR count). The molecule has 0 aliphatic rings. The van der Waals surface area contributed by atoms with Crippen molar-refractivity contribution in [1.82, 2.24) is 4.98 Å². The van der Waals surface area contributed by atoms with Crippen LogP contribution in [0.3, 0.4) is 0 Å². The molecule has 0 atom stereocenters. The minimum atomic E-state index is -0.465. The highest BCUT2D eigenvalue weighted by atomic mass is 35.5. The first-order valence-electron chi connectivity index (χ1n) is 8.15. The van der Waals surface area contributed by atoms with Crippen LogP contribution in [0.25, 0.3) is 0 Å². The Morgan fingerprint density at radius 3 is 2.32 bits per heavy atom. The molecule has 28 heavy (non-hydrogen) atoms. The highest BCUT2D eigenvalue weighted by molar-refractivity contribution is 6.33. The number of pyridine rings is 1. The number of anilines is 2. The highest BCUT2D eigenvalue weighted by Gasteiger charge is 2.15. The van der Waals surface area contributed by atoms with Crippen LogP contribution in [0.1, 0.15) is 20.7 Å². The summed E-state index contributed by atoms with van der Waals surface area (Å²) in [6.45, 7) is 0. The van der Waals surface area contributed by atoms with Gasteiger partial charge in [-0.05, 0) is 36.4 Å². The average molecular weight is 416 g/mol. The van der Waals surface area contributed by atoms with Gasteiger partial charge in [-0.3, -0.25) is 9.59 Å². The zero-order chi connectivity index (χ0) is 20.1. The number of hydrogen-bond acceptors (Lipinski definition) is 4. The number of methoxy groups -OCH3 is 1. The number of amides is 2. The summed E-state index contributed by atoms with van der Waals surface area (Å²) in [5.74, 6) is -0.228. The molecular formula is C20H15Cl2N3O3. The fourth-order valence-corrected chi connectivity index (χ4v) is 2.94. The number of carbonyl (C=O) groups is 2. The monoisotopic (exact) mass is 415 g/mol. The van der Waals surface area contributed by atoms with Crippen molar-refractivity contribution in [2.45, 2.75) is 0 Å². The van der Waals surface area contributed by atoms with Crippen LogP contribution in [0, 0.1) is 0 Å². The van der Waals surface area contributed by atoms with E-state index >= 15 is 0 Å². The third-order valence-electron chi connectivity index (χ3n) is 3.77. The fourth-order valence-electron chi connectivity index (χ4n) is 2.48. The van der Waals surface area contributed by atoms with E-state index in [0.29, 0.717) is 22.7 Å². The number of para-hydroxylation sites is 1. The summed E-state index contributed by atoms with van der Waals surface area (Å²) in [4.78, 5) is 29.0. The quantitative estimate of drug-likeness (QED) is 0.580. The minimum Gasteiger partial charge on any atom is -0.497 e. The molecule has 3 aromatic rings. The molecule has 0 radical (unpaired) electrons. The molecule has 0 saturated carbocycles. The Balaban J connectivity index is 1.82. The van der Waals surface area contributed by atoms with Gasteiger partial charge in [0.25, 0.3) is 11.8 Å². The van der Waals surface area contributed by atoms with Crippen molar-refractivity contribution < 1.29 is 14.3 Å². The number of hydrogen-bond donors (Lipinski definition) is 2. The van der Waals surface area contributed by atoms with Gasteiger partial charge < -0.3 is 15.4 Å². The summed E-state index contributed by atoms with van der Waals surface area (Å²) in [5, 5.41) is 5.68. The van der Waals surface area contributed by atoms with Crippen molar-refractivity contribution in [3.63, 3.8) is 0 Å². The lowest BCUT2D eigenvalue weighted by Crippen LogP contribution is -2.18. The van der Waals surface area contributed by atoms with E-state index in [1.165, 1.54) is 12.1 Å². The van der Waals surface area contributed by atoms with Crippen molar-refractivity contribution >= 4 is 46.4 Å². The molecule has 0 spiro atoms. The van der Waals surface area contributed by atoms with Crippen LogP contribution in [0.4, 0.5) is 11.4 Å². The number of benzene rings is 2. The van der Waals surface area contributed by atoms with Crippen molar-refractivity contribution in [1.29, 1.82) is 0 Å². The third kappa shape index (κ3) is 4.79. The van der Waals surface area contributed by atoms with Gasteiger partial charge in [0.05, 0.1) is 18.4 Å². The van der Waals surface area contributed by atoms with Gasteiger partial charge in [-0.15, -0.1) is 0 Å². The Morgan fingerprint density at radius 1 is 0.893 bits per heavy atom. The Labute approximate surface area is 171 Å². The van der Waals surface area contributed by atoms with E-state index in [0.717, 1.165) is 0 Å². The lowest BCUT2D eigenvalue weighted by Gasteiger charge is -2.12. The number of aromatic nitrogens is 1. The Hall–Kier alpha value is -3.09. The molecule has 6 nitrogen and oxygen atoms in total. The van der Waals surface area contributed by atoms with Crippen LogP contribution in [-0.4, -0.2) is 23.9 Å². The topological polar surface area (TPSA) is 80.3 Å². The van der Waals surface area contributed by atoms with E-state index in [1.807, 2.05) is 0 Å². The molecule has 2 N–H and O–H groups in total. The average Bonchev–Trinajstić information content (AvgIpc) is 2.67. The Morgan fingerprint density at radius 2 is 1.61 bits per heavy atom. The van der Waals surface area contributed by atoms with Crippen LogP contribution in [0.5, 0.6) is 5.75 Å². The zero-order valence-electron chi connectivity index (χ0n) is 14.7. The van der Waals surface area contributed by atoms with Crippen LogP contribution >= 0.6 is 23.2 Å². The van der Waals surface area contributed by atoms with Gasteiger partial charge in [0, 0.05) is 17.3 Å². The summed E-state index contributed by atoms with van der Waals surface area (Å²) in [6, 6.07) is 16.4. The maximum atomic E-state index is 12.7. The van der Waals surface area contributed by atoms with Gasteiger partial charge in [-0.25, -0.2) is 4.98 Å². The van der Waals surface area contributed by atoms with E-state index in [2.05, 4.69) is 15.6 Å². The molecule has 8 heteroatoms. The maximum Gasteiger partial charge on any atom is 0.257 e. The van der Waals surface area contributed by atoms with Gasteiger partial charge in [-0.2, -0.15) is 0 Å². The minimum absolute atomic E-state index is 0.0988. The predicted octanol–water partition coefficient (Wildman–Crippen LogP) is 4.90. The van der Waals surface area contributed by atoms with E-state index in [-0.39, 0.29) is 21.8 Å². The normalized spacial score (nSPS) is 10.2. The number of nitrogens with one attached hydrogen (secondary N) is 2. The summed E-state index contributed by atoms with van der Waals surface area (Å²) in [6.07, 6.45) is 0. The highest BCUT2D eigenvalue weighted by Crippen LogP contribution is 2.22. The van der Waals surface area contributed by atoms with Gasteiger partial charge >= 0.3 is 0 Å². The number of halogens is 2. The first kappa shape index (κ1) is 19.7.